The Hall–Kier alpha value is -2.34. The molecule has 2 aliphatic heterocycles. The van der Waals surface area contributed by atoms with Crippen LogP contribution >= 0.6 is 15.9 Å². The molecule has 0 N–H and O–H groups in total. The molecule has 2 aliphatic rings. The normalized spacial score (nSPS) is 16.9. The third kappa shape index (κ3) is 3.72. The molecule has 2 aromatic carbocycles. The molecule has 0 aromatic heterocycles. The SMILES string of the molecule is O=C(c1ccc2c(c1)OCCO2)C1CCN(C(=O)c2ccccc2Br)CC1. The Bertz CT molecular complexity index is 874. The second kappa shape index (κ2) is 7.72. The van der Waals surface area contributed by atoms with E-state index < -0.39 is 0 Å². The quantitative estimate of drug-likeness (QED) is 0.692. The predicted octanol–water partition coefficient (Wildman–Crippen LogP) is 3.96. The zero-order valence-corrected chi connectivity index (χ0v) is 16.4. The van der Waals surface area contributed by atoms with Gasteiger partial charge in [-0.15, -0.1) is 0 Å². The molecule has 0 aliphatic carbocycles. The van der Waals surface area contributed by atoms with E-state index in [2.05, 4.69) is 15.9 Å². The summed E-state index contributed by atoms with van der Waals surface area (Å²) < 4.78 is 11.9. The van der Waals surface area contributed by atoms with Gasteiger partial charge in [-0.25, -0.2) is 0 Å². The Balaban J connectivity index is 1.41. The van der Waals surface area contributed by atoms with Gasteiger partial charge < -0.3 is 14.4 Å². The molecule has 1 saturated heterocycles. The summed E-state index contributed by atoms with van der Waals surface area (Å²) in [7, 11) is 0. The lowest BCUT2D eigenvalue weighted by atomic mass is 9.88. The van der Waals surface area contributed by atoms with Crippen LogP contribution in [0.2, 0.25) is 0 Å². The average Bonchev–Trinajstić information content (AvgIpc) is 2.73. The monoisotopic (exact) mass is 429 g/mol. The number of rotatable bonds is 3. The van der Waals surface area contributed by atoms with Gasteiger partial charge in [0, 0.05) is 29.0 Å². The molecule has 1 fully saturated rings. The first kappa shape index (κ1) is 18.0. The van der Waals surface area contributed by atoms with Crippen molar-refractivity contribution in [3.8, 4) is 11.5 Å². The minimum absolute atomic E-state index is 0.00713. The van der Waals surface area contributed by atoms with Crippen molar-refractivity contribution in [3.05, 3.63) is 58.1 Å². The number of hydrogen-bond acceptors (Lipinski definition) is 4. The maximum absolute atomic E-state index is 12.9. The fourth-order valence-electron chi connectivity index (χ4n) is 3.58. The van der Waals surface area contributed by atoms with E-state index in [1.165, 1.54) is 0 Å². The number of ketones is 1. The number of hydrogen-bond donors (Lipinski definition) is 0. The van der Waals surface area contributed by atoms with Crippen molar-refractivity contribution in [3.63, 3.8) is 0 Å². The van der Waals surface area contributed by atoms with Gasteiger partial charge in [0.05, 0.1) is 5.56 Å². The standard InChI is InChI=1S/C21H20BrNO4/c22-17-4-2-1-3-16(17)21(25)23-9-7-14(8-10-23)20(24)15-5-6-18-19(13-15)27-12-11-26-18/h1-6,13-14H,7-12H2. The summed E-state index contributed by atoms with van der Waals surface area (Å²) >= 11 is 3.44. The van der Waals surface area contributed by atoms with Crippen LogP contribution in [0.15, 0.2) is 46.9 Å². The van der Waals surface area contributed by atoms with Crippen LogP contribution in [-0.4, -0.2) is 42.9 Å². The molecule has 2 heterocycles. The smallest absolute Gasteiger partial charge is 0.254 e. The van der Waals surface area contributed by atoms with Gasteiger partial charge in [-0.1, -0.05) is 12.1 Å². The van der Waals surface area contributed by atoms with Gasteiger partial charge >= 0.3 is 0 Å². The maximum Gasteiger partial charge on any atom is 0.254 e. The van der Waals surface area contributed by atoms with E-state index in [9.17, 15) is 9.59 Å². The Morgan fingerprint density at radius 2 is 1.67 bits per heavy atom. The lowest BCUT2D eigenvalue weighted by molar-refractivity contribution is 0.0649. The molecule has 0 bridgehead atoms. The Labute approximate surface area is 166 Å². The Morgan fingerprint density at radius 3 is 2.41 bits per heavy atom. The van der Waals surface area contributed by atoms with Gasteiger partial charge in [-0.2, -0.15) is 0 Å². The van der Waals surface area contributed by atoms with Crippen LogP contribution in [0.5, 0.6) is 11.5 Å². The first-order valence-electron chi connectivity index (χ1n) is 9.11. The molecule has 0 atom stereocenters. The number of fused-ring (bicyclic) bond motifs is 1. The number of benzene rings is 2. The second-order valence-corrected chi connectivity index (χ2v) is 7.62. The molecule has 0 unspecified atom stereocenters. The molecular weight excluding hydrogens is 410 g/mol. The highest BCUT2D eigenvalue weighted by Gasteiger charge is 2.29. The van der Waals surface area contributed by atoms with Crippen LogP contribution in [-0.2, 0) is 0 Å². The van der Waals surface area contributed by atoms with E-state index in [0.717, 1.165) is 4.47 Å². The third-order valence-corrected chi connectivity index (χ3v) is 5.78. The van der Waals surface area contributed by atoms with Crippen molar-refractivity contribution in [2.45, 2.75) is 12.8 Å². The van der Waals surface area contributed by atoms with E-state index in [1.807, 2.05) is 29.2 Å². The number of carbonyl (C=O) groups is 2. The highest BCUT2D eigenvalue weighted by Crippen LogP contribution is 2.33. The maximum atomic E-state index is 12.9. The van der Waals surface area contributed by atoms with Gasteiger partial charge in [-0.3, -0.25) is 9.59 Å². The molecule has 0 spiro atoms. The number of Topliss-reactive ketones (excluding diaryl/α,β-unsaturated/α-hetero) is 1. The topological polar surface area (TPSA) is 55.8 Å². The molecule has 2 aromatic rings. The number of halogens is 1. The van der Waals surface area contributed by atoms with E-state index in [-0.39, 0.29) is 17.6 Å². The molecule has 0 saturated carbocycles. The molecule has 140 valence electrons. The molecule has 4 rings (SSSR count). The van der Waals surface area contributed by atoms with Crippen molar-refractivity contribution in [2.75, 3.05) is 26.3 Å². The first-order chi connectivity index (χ1) is 13.1. The van der Waals surface area contributed by atoms with Crippen LogP contribution in [0.4, 0.5) is 0 Å². The molecule has 0 radical (unpaired) electrons. The summed E-state index contributed by atoms with van der Waals surface area (Å²) in [5.41, 5.74) is 1.31. The van der Waals surface area contributed by atoms with Crippen molar-refractivity contribution in [1.29, 1.82) is 0 Å². The Kier molecular flexibility index (Phi) is 5.16. The van der Waals surface area contributed by atoms with Crippen LogP contribution in [0.1, 0.15) is 33.6 Å². The highest BCUT2D eigenvalue weighted by molar-refractivity contribution is 9.10. The number of ether oxygens (including phenoxy) is 2. The van der Waals surface area contributed by atoms with E-state index in [0.29, 0.717) is 61.8 Å². The summed E-state index contributed by atoms with van der Waals surface area (Å²) in [5.74, 6) is 1.36. The van der Waals surface area contributed by atoms with Gasteiger partial charge in [0.25, 0.3) is 5.91 Å². The lowest BCUT2D eigenvalue weighted by Gasteiger charge is -2.31. The number of piperidine rings is 1. The van der Waals surface area contributed by atoms with Crippen molar-refractivity contribution in [1.82, 2.24) is 4.90 Å². The van der Waals surface area contributed by atoms with Crippen molar-refractivity contribution < 1.29 is 19.1 Å². The largest absolute Gasteiger partial charge is 0.486 e. The van der Waals surface area contributed by atoms with Crippen molar-refractivity contribution in [2.24, 2.45) is 5.92 Å². The minimum atomic E-state index is -0.0733. The summed E-state index contributed by atoms with van der Waals surface area (Å²) in [5, 5.41) is 0. The van der Waals surface area contributed by atoms with Gasteiger partial charge in [0.1, 0.15) is 13.2 Å². The van der Waals surface area contributed by atoms with Crippen LogP contribution in [0.25, 0.3) is 0 Å². The summed E-state index contributed by atoms with van der Waals surface area (Å²) in [6, 6.07) is 12.8. The number of likely N-dealkylation sites (tertiary alicyclic amines) is 1. The van der Waals surface area contributed by atoms with Crippen LogP contribution in [0.3, 0.4) is 0 Å². The molecule has 6 heteroatoms. The summed E-state index contributed by atoms with van der Waals surface area (Å²) in [4.78, 5) is 27.4. The van der Waals surface area contributed by atoms with Crippen LogP contribution < -0.4 is 9.47 Å². The molecule has 1 amide bonds. The van der Waals surface area contributed by atoms with E-state index >= 15 is 0 Å². The van der Waals surface area contributed by atoms with E-state index in [4.69, 9.17) is 9.47 Å². The highest BCUT2D eigenvalue weighted by atomic mass is 79.9. The fraction of sp³-hybridized carbons (Fsp3) is 0.333. The summed E-state index contributed by atoms with van der Waals surface area (Å²) in [6.45, 7) is 2.20. The zero-order valence-electron chi connectivity index (χ0n) is 14.8. The predicted molar refractivity (Wildman–Crippen MR) is 105 cm³/mol. The first-order valence-corrected chi connectivity index (χ1v) is 9.90. The number of carbonyl (C=O) groups excluding carboxylic acids is 2. The molecule has 27 heavy (non-hydrogen) atoms. The zero-order chi connectivity index (χ0) is 18.8. The molecular formula is C21H20BrNO4. The summed E-state index contributed by atoms with van der Waals surface area (Å²) in [6.07, 6.45) is 1.34. The van der Waals surface area contributed by atoms with Crippen LogP contribution in [0, 0.1) is 5.92 Å². The van der Waals surface area contributed by atoms with Gasteiger partial charge in [0.2, 0.25) is 0 Å². The van der Waals surface area contributed by atoms with Gasteiger partial charge in [-0.05, 0) is 59.1 Å². The fourth-order valence-corrected chi connectivity index (χ4v) is 4.04. The molecule has 5 nitrogen and oxygen atoms in total. The average molecular weight is 430 g/mol. The third-order valence-electron chi connectivity index (χ3n) is 5.08. The van der Waals surface area contributed by atoms with Gasteiger partial charge in [0.15, 0.2) is 17.3 Å². The number of nitrogens with zero attached hydrogens (tertiary/aromatic N) is 1. The van der Waals surface area contributed by atoms with Crippen molar-refractivity contribution >= 4 is 27.6 Å². The minimum Gasteiger partial charge on any atom is -0.486 e. The lowest BCUT2D eigenvalue weighted by Crippen LogP contribution is -2.40. The van der Waals surface area contributed by atoms with E-state index in [1.54, 1.807) is 18.2 Å². The Morgan fingerprint density at radius 1 is 0.963 bits per heavy atom. The number of amides is 1. The second-order valence-electron chi connectivity index (χ2n) is 6.77.